The van der Waals surface area contributed by atoms with Crippen molar-refractivity contribution in [2.24, 2.45) is 0 Å². The van der Waals surface area contributed by atoms with Gasteiger partial charge in [-0.1, -0.05) is 35.3 Å². The van der Waals surface area contributed by atoms with E-state index in [0.29, 0.717) is 38.3 Å². The van der Waals surface area contributed by atoms with Crippen molar-refractivity contribution in [1.82, 2.24) is 19.9 Å². The van der Waals surface area contributed by atoms with E-state index >= 15 is 0 Å². The lowest BCUT2D eigenvalue weighted by molar-refractivity contribution is 0.299. The molecular weight excluding hydrogens is 385 g/mol. The summed E-state index contributed by atoms with van der Waals surface area (Å²) in [5.41, 5.74) is 8.28. The van der Waals surface area contributed by atoms with Gasteiger partial charge in [-0.2, -0.15) is 0 Å². The maximum atomic E-state index is 6.39. The Bertz CT molecular complexity index is 1120. The molecule has 0 saturated carbocycles. The lowest BCUT2D eigenvalue weighted by Crippen LogP contribution is -2.03. The fourth-order valence-electron chi connectivity index (χ4n) is 2.76. The van der Waals surface area contributed by atoms with E-state index in [2.05, 4.69) is 19.9 Å². The van der Waals surface area contributed by atoms with Crippen LogP contribution < -0.4 is 10.5 Å². The summed E-state index contributed by atoms with van der Waals surface area (Å²) in [7, 11) is 0. The second-order valence-electron chi connectivity index (χ2n) is 5.65. The molecule has 0 atom stereocenters. The number of nitrogens with two attached hydrogens (primary N) is 1. The summed E-state index contributed by atoms with van der Waals surface area (Å²) >= 11 is 12.6. The molecule has 0 unspecified atom stereocenters. The molecule has 134 valence electrons. The van der Waals surface area contributed by atoms with Crippen LogP contribution in [-0.4, -0.2) is 19.9 Å². The average molecular weight is 398 g/mol. The van der Waals surface area contributed by atoms with Crippen LogP contribution in [0.25, 0.3) is 22.0 Å². The summed E-state index contributed by atoms with van der Waals surface area (Å²) in [6.07, 6.45) is 4.72. The Morgan fingerprint density at radius 3 is 2.52 bits per heavy atom. The topological polar surface area (TPSA) is 86.8 Å². The highest BCUT2D eigenvalue weighted by molar-refractivity contribution is 6.44. The molecule has 0 fully saturated rings. The minimum absolute atomic E-state index is 0.196. The summed E-state index contributed by atoms with van der Waals surface area (Å²) < 4.78 is 5.89. The zero-order valence-electron chi connectivity index (χ0n) is 13.9. The molecule has 0 bridgehead atoms. The molecule has 2 aromatic heterocycles. The summed E-state index contributed by atoms with van der Waals surface area (Å²) in [6, 6.07) is 10.9. The van der Waals surface area contributed by atoms with Gasteiger partial charge in [0.25, 0.3) is 0 Å². The van der Waals surface area contributed by atoms with E-state index in [9.17, 15) is 0 Å². The number of benzene rings is 2. The Morgan fingerprint density at radius 1 is 0.889 bits per heavy atom. The molecule has 4 aromatic rings. The molecule has 2 aromatic carbocycles. The van der Waals surface area contributed by atoms with Crippen molar-refractivity contribution in [2.45, 2.75) is 6.61 Å². The summed E-state index contributed by atoms with van der Waals surface area (Å²) in [5.74, 6) is 1.41. The van der Waals surface area contributed by atoms with Crippen molar-refractivity contribution >= 4 is 39.9 Å². The van der Waals surface area contributed by atoms with Gasteiger partial charge in [-0.05, 0) is 24.3 Å². The van der Waals surface area contributed by atoms with Crippen LogP contribution in [0.4, 0.5) is 5.82 Å². The fraction of sp³-hybridized carbons (Fsp3) is 0.0526. The van der Waals surface area contributed by atoms with Crippen molar-refractivity contribution in [2.75, 3.05) is 5.73 Å². The second-order valence-corrected chi connectivity index (χ2v) is 6.43. The van der Waals surface area contributed by atoms with E-state index < -0.39 is 0 Å². The summed E-state index contributed by atoms with van der Waals surface area (Å²) in [4.78, 5) is 16.8. The zero-order chi connectivity index (χ0) is 18.8. The number of rotatable bonds is 4. The molecule has 0 aliphatic heterocycles. The van der Waals surface area contributed by atoms with E-state index in [0.717, 1.165) is 11.1 Å². The molecule has 2 heterocycles. The van der Waals surface area contributed by atoms with Crippen LogP contribution in [0.5, 0.6) is 5.75 Å². The Hall–Kier alpha value is -2.96. The van der Waals surface area contributed by atoms with E-state index in [4.69, 9.17) is 33.7 Å². The average Bonchev–Trinajstić information content (AvgIpc) is 2.69. The van der Waals surface area contributed by atoms with Gasteiger partial charge in [0.2, 0.25) is 0 Å². The molecule has 27 heavy (non-hydrogen) atoms. The first-order chi connectivity index (χ1) is 13.1. The Morgan fingerprint density at radius 2 is 1.70 bits per heavy atom. The SMILES string of the molecule is Nc1ncnc2c(-c3cccc(Cl)c3Cl)ccc(OCc3ncccn3)c12. The molecule has 6 nitrogen and oxygen atoms in total. The number of hydrogen-bond acceptors (Lipinski definition) is 6. The monoisotopic (exact) mass is 397 g/mol. The van der Waals surface area contributed by atoms with Gasteiger partial charge < -0.3 is 10.5 Å². The number of ether oxygens (including phenoxy) is 1. The molecule has 0 radical (unpaired) electrons. The van der Waals surface area contributed by atoms with Crippen molar-refractivity contribution in [3.63, 3.8) is 0 Å². The van der Waals surface area contributed by atoms with Crippen molar-refractivity contribution in [3.8, 4) is 16.9 Å². The Kier molecular flexibility index (Phi) is 4.75. The number of aromatic nitrogens is 4. The molecule has 0 spiro atoms. The highest BCUT2D eigenvalue weighted by atomic mass is 35.5. The van der Waals surface area contributed by atoms with E-state index in [1.165, 1.54) is 6.33 Å². The predicted molar refractivity (Wildman–Crippen MR) is 106 cm³/mol. The normalized spacial score (nSPS) is 10.9. The summed E-state index contributed by atoms with van der Waals surface area (Å²) in [6.45, 7) is 0.196. The number of nitrogens with zero attached hydrogens (tertiary/aromatic N) is 4. The van der Waals surface area contributed by atoms with Gasteiger partial charge in [-0.3, -0.25) is 0 Å². The standard InChI is InChI=1S/C19H13Cl2N5O/c20-13-4-1-3-11(17(13)21)12-5-6-14(16-18(12)25-10-26-19(16)22)27-9-15-23-7-2-8-24-15/h1-8,10H,9H2,(H2,22,25,26). The third-order valence-electron chi connectivity index (χ3n) is 4.00. The molecule has 8 heteroatoms. The fourth-order valence-corrected chi connectivity index (χ4v) is 3.17. The number of halogens is 2. The minimum Gasteiger partial charge on any atom is -0.485 e. The summed E-state index contributed by atoms with van der Waals surface area (Å²) in [5, 5.41) is 1.51. The van der Waals surface area contributed by atoms with Crippen LogP contribution in [0.1, 0.15) is 5.82 Å². The van der Waals surface area contributed by atoms with Crippen molar-refractivity contribution < 1.29 is 4.74 Å². The third-order valence-corrected chi connectivity index (χ3v) is 4.82. The maximum absolute atomic E-state index is 6.39. The van der Waals surface area contributed by atoms with Gasteiger partial charge in [0.15, 0.2) is 5.82 Å². The van der Waals surface area contributed by atoms with Crippen molar-refractivity contribution in [1.29, 1.82) is 0 Å². The van der Waals surface area contributed by atoms with Crippen LogP contribution in [-0.2, 0) is 6.61 Å². The molecule has 0 aliphatic rings. The zero-order valence-corrected chi connectivity index (χ0v) is 15.4. The molecule has 0 amide bonds. The van der Waals surface area contributed by atoms with Crippen molar-refractivity contribution in [3.05, 3.63) is 71.0 Å². The predicted octanol–water partition coefficient (Wildman–Crippen LogP) is 4.55. The Labute approximate surface area is 165 Å². The number of nitrogen functional groups attached to an aromatic ring is 1. The second kappa shape index (κ2) is 7.34. The van der Waals surface area contributed by atoms with Gasteiger partial charge in [0, 0.05) is 23.5 Å². The van der Waals surface area contributed by atoms with Gasteiger partial charge in [-0.25, -0.2) is 19.9 Å². The lowest BCUT2D eigenvalue weighted by Gasteiger charge is -2.14. The minimum atomic E-state index is 0.196. The van der Waals surface area contributed by atoms with E-state index in [-0.39, 0.29) is 6.61 Å². The molecule has 2 N–H and O–H groups in total. The number of anilines is 1. The number of hydrogen-bond donors (Lipinski definition) is 1. The Balaban J connectivity index is 1.83. The molecule has 0 aliphatic carbocycles. The smallest absolute Gasteiger partial charge is 0.166 e. The van der Waals surface area contributed by atoms with Crippen LogP contribution in [0.3, 0.4) is 0 Å². The first-order valence-corrected chi connectivity index (χ1v) is 8.77. The van der Waals surface area contributed by atoms with Crippen LogP contribution in [0, 0.1) is 0 Å². The molecular formula is C19H13Cl2N5O. The third kappa shape index (κ3) is 3.37. The first-order valence-electron chi connectivity index (χ1n) is 8.01. The molecule has 4 rings (SSSR count). The number of fused-ring (bicyclic) bond motifs is 1. The maximum Gasteiger partial charge on any atom is 0.166 e. The van der Waals surface area contributed by atoms with E-state index in [1.807, 2.05) is 18.2 Å². The first kappa shape index (κ1) is 17.5. The van der Waals surface area contributed by atoms with E-state index in [1.54, 1.807) is 30.6 Å². The molecule has 0 saturated heterocycles. The quantitative estimate of drug-likeness (QED) is 0.543. The van der Waals surface area contributed by atoms with Crippen LogP contribution in [0.15, 0.2) is 55.1 Å². The highest BCUT2D eigenvalue weighted by Gasteiger charge is 2.16. The lowest BCUT2D eigenvalue weighted by atomic mass is 10.0. The van der Waals surface area contributed by atoms with Crippen LogP contribution >= 0.6 is 23.2 Å². The van der Waals surface area contributed by atoms with Crippen LogP contribution in [0.2, 0.25) is 10.0 Å². The van der Waals surface area contributed by atoms with Gasteiger partial charge in [-0.15, -0.1) is 0 Å². The van der Waals surface area contributed by atoms with Gasteiger partial charge >= 0.3 is 0 Å². The largest absolute Gasteiger partial charge is 0.485 e. The van der Waals surface area contributed by atoms with Gasteiger partial charge in [0.1, 0.15) is 24.5 Å². The highest BCUT2D eigenvalue weighted by Crippen LogP contribution is 2.40. The van der Waals surface area contributed by atoms with Gasteiger partial charge in [0.05, 0.1) is 20.9 Å².